The molecule has 1 heterocycles. The number of hydrogen-bond donors (Lipinski definition) is 0. The molecule has 0 amide bonds. The summed E-state index contributed by atoms with van der Waals surface area (Å²) in [5.41, 5.74) is 12.3. The van der Waals surface area contributed by atoms with E-state index in [0.29, 0.717) is 0 Å². The van der Waals surface area contributed by atoms with E-state index in [-0.39, 0.29) is 0 Å². The number of fused-ring (bicyclic) bond motifs is 4. The van der Waals surface area contributed by atoms with Crippen LogP contribution in [0.2, 0.25) is 0 Å². The maximum Gasteiger partial charge on any atom is 0.145 e. The van der Waals surface area contributed by atoms with E-state index in [1.807, 2.05) is 0 Å². The summed E-state index contributed by atoms with van der Waals surface area (Å²) in [5.74, 6) is 0.930. The fourth-order valence-electron chi connectivity index (χ4n) is 7.65. The summed E-state index contributed by atoms with van der Waals surface area (Å²) in [5, 5.41) is 4.86. The van der Waals surface area contributed by atoms with Gasteiger partial charge in [0, 0.05) is 33.7 Å². The zero-order chi connectivity index (χ0) is 35.8. The number of anilines is 3. The van der Waals surface area contributed by atoms with Gasteiger partial charge in [0.2, 0.25) is 0 Å². The summed E-state index contributed by atoms with van der Waals surface area (Å²) in [6.45, 7) is 0. The minimum absolute atomic E-state index is 0.930. The second-order valence-electron chi connectivity index (χ2n) is 13.7. The first-order valence-corrected chi connectivity index (χ1v) is 18.4. The number of rotatable bonds is 7. The third-order valence-electron chi connectivity index (χ3n) is 10.4. The van der Waals surface area contributed by atoms with Gasteiger partial charge in [-0.15, -0.1) is 0 Å². The van der Waals surface area contributed by atoms with E-state index in [1.54, 1.807) is 0 Å². The van der Waals surface area contributed by atoms with E-state index in [0.717, 1.165) is 61.7 Å². The van der Waals surface area contributed by atoms with Gasteiger partial charge < -0.3 is 4.90 Å². The molecule has 0 spiro atoms. The van der Waals surface area contributed by atoms with Gasteiger partial charge >= 0.3 is 0 Å². The predicted molar refractivity (Wildman–Crippen MR) is 227 cm³/mol. The van der Waals surface area contributed by atoms with Crippen molar-refractivity contribution in [3.05, 3.63) is 212 Å². The molecule has 0 bridgehead atoms. The number of hydrogen-bond acceptors (Lipinski definition) is 2. The van der Waals surface area contributed by atoms with Crippen LogP contribution in [0.15, 0.2) is 212 Å². The SMILES string of the molecule is c1ccc(N(c2ccc(-c3ccc(-c4nc5c6ccccc6ccc5n4-c4ccccc4)cc3)cc2)c2ccc(-c3ccc4ccccc4c3)cc2)cc1. The zero-order valence-electron chi connectivity index (χ0n) is 29.5. The van der Waals surface area contributed by atoms with Gasteiger partial charge in [-0.1, -0.05) is 152 Å². The molecule has 0 saturated heterocycles. The van der Waals surface area contributed by atoms with Crippen molar-refractivity contribution in [1.82, 2.24) is 9.55 Å². The van der Waals surface area contributed by atoms with Crippen LogP contribution in [0.25, 0.3) is 71.9 Å². The zero-order valence-corrected chi connectivity index (χ0v) is 29.5. The molecule has 1 aromatic heterocycles. The molecule has 3 heteroatoms. The molecule has 0 fully saturated rings. The fourth-order valence-corrected chi connectivity index (χ4v) is 7.65. The highest BCUT2D eigenvalue weighted by molar-refractivity contribution is 6.06. The van der Waals surface area contributed by atoms with Gasteiger partial charge in [-0.3, -0.25) is 4.57 Å². The van der Waals surface area contributed by atoms with Gasteiger partial charge in [-0.2, -0.15) is 0 Å². The number of benzene rings is 9. The highest BCUT2D eigenvalue weighted by Crippen LogP contribution is 2.38. The molecule has 54 heavy (non-hydrogen) atoms. The minimum Gasteiger partial charge on any atom is -0.311 e. The van der Waals surface area contributed by atoms with E-state index < -0.39 is 0 Å². The van der Waals surface area contributed by atoms with E-state index in [9.17, 15) is 0 Å². The van der Waals surface area contributed by atoms with Gasteiger partial charge in [-0.25, -0.2) is 4.98 Å². The molecule has 0 aliphatic rings. The summed E-state index contributed by atoms with van der Waals surface area (Å²) in [6.07, 6.45) is 0. The smallest absolute Gasteiger partial charge is 0.145 e. The first kappa shape index (κ1) is 31.5. The van der Waals surface area contributed by atoms with Crippen molar-refractivity contribution < 1.29 is 0 Å². The Balaban J connectivity index is 0.975. The third kappa shape index (κ3) is 5.69. The molecule has 10 rings (SSSR count). The Bertz CT molecular complexity index is 2890. The Morgan fingerprint density at radius 3 is 1.52 bits per heavy atom. The monoisotopic (exact) mass is 689 g/mol. The van der Waals surface area contributed by atoms with E-state index in [1.165, 1.54) is 27.3 Å². The average molecular weight is 690 g/mol. The largest absolute Gasteiger partial charge is 0.311 e. The predicted octanol–water partition coefficient (Wildman–Crippen LogP) is 13.8. The number of aromatic nitrogens is 2. The second-order valence-corrected chi connectivity index (χ2v) is 13.7. The van der Waals surface area contributed by atoms with Gasteiger partial charge in [0.05, 0.1) is 11.0 Å². The van der Waals surface area contributed by atoms with Gasteiger partial charge in [0.1, 0.15) is 5.82 Å². The maximum atomic E-state index is 5.27. The Kier molecular flexibility index (Phi) is 7.81. The van der Waals surface area contributed by atoms with E-state index in [4.69, 9.17) is 4.98 Å². The number of imidazole rings is 1. The lowest BCUT2D eigenvalue weighted by Crippen LogP contribution is -2.09. The molecular weight excluding hydrogens is 655 g/mol. The van der Waals surface area contributed by atoms with E-state index in [2.05, 4.69) is 222 Å². The quantitative estimate of drug-likeness (QED) is 0.166. The van der Waals surface area contributed by atoms with Crippen LogP contribution in [-0.2, 0) is 0 Å². The van der Waals surface area contributed by atoms with Crippen molar-refractivity contribution in [3.8, 4) is 39.3 Å². The molecule has 10 aromatic rings. The highest BCUT2D eigenvalue weighted by Gasteiger charge is 2.17. The summed E-state index contributed by atoms with van der Waals surface area (Å²) in [7, 11) is 0. The van der Waals surface area contributed by atoms with Crippen LogP contribution in [0.4, 0.5) is 17.1 Å². The normalized spacial score (nSPS) is 11.3. The van der Waals surface area contributed by atoms with Crippen LogP contribution in [0.1, 0.15) is 0 Å². The lowest BCUT2D eigenvalue weighted by Gasteiger charge is -2.26. The molecule has 0 aliphatic carbocycles. The third-order valence-corrected chi connectivity index (χ3v) is 10.4. The molecule has 0 saturated carbocycles. The fraction of sp³-hybridized carbons (Fsp3) is 0. The van der Waals surface area contributed by atoms with Gasteiger partial charge in [0.25, 0.3) is 0 Å². The first-order valence-electron chi connectivity index (χ1n) is 18.4. The van der Waals surface area contributed by atoms with Crippen LogP contribution >= 0.6 is 0 Å². The van der Waals surface area contributed by atoms with Crippen LogP contribution in [0.5, 0.6) is 0 Å². The van der Waals surface area contributed by atoms with Crippen LogP contribution in [0.3, 0.4) is 0 Å². The van der Waals surface area contributed by atoms with Crippen LogP contribution < -0.4 is 4.90 Å². The lowest BCUT2D eigenvalue weighted by atomic mass is 10.0. The number of para-hydroxylation sites is 2. The molecule has 0 N–H and O–H groups in total. The Morgan fingerprint density at radius 2 is 0.833 bits per heavy atom. The lowest BCUT2D eigenvalue weighted by molar-refractivity contribution is 1.10. The van der Waals surface area contributed by atoms with Crippen molar-refractivity contribution in [1.29, 1.82) is 0 Å². The summed E-state index contributed by atoms with van der Waals surface area (Å²) in [6, 6.07) is 75.7. The molecule has 0 atom stereocenters. The van der Waals surface area contributed by atoms with Crippen molar-refractivity contribution in [2.24, 2.45) is 0 Å². The topological polar surface area (TPSA) is 21.1 Å². The molecule has 3 nitrogen and oxygen atoms in total. The Morgan fingerprint density at radius 1 is 0.352 bits per heavy atom. The summed E-state index contributed by atoms with van der Waals surface area (Å²) < 4.78 is 2.28. The van der Waals surface area contributed by atoms with Crippen LogP contribution in [-0.4, -0.2) is 9.55 Å². The van der Waals surface area contributed by atoms with Gasteiger partial charge in [-0.05, 0) is 99.1 Å². The highest BCUT2D eigenvalue weighted by atomic mass is 15.1. The summed E-state index contributed by atoms with van der Waals surface area (Å²) in [4.78, 5) is 7.58. The Labute approximate surface area is 314 Å². The molecular formula is C51H35N3. The molecule has 9 aromatic carbocycles. The van der Waals surface area contributed by atoms with E-state index >= 15 is 0 Å². The minimum atomic E-state index is 0.930. The average Bonchev–Trinajstić information content (AvgIpc) is 3.65. The summed E-state index contributed by atoms with van der Waals surface area (Å²) >= 11 is 0. The van der Waals surface area contributed by atoms with Crippen molar-refractivity contribution in [3.63, 3.8) is 0 Å². The first-order chi connectivity index (χ1) is 26.8. The molecule has 254 valence electrons. The second kappa shape index (κ2) is 13.4. The van der Waals surface area contributed by atoms with Crippen molar-refractivity contribution >= 4 is 49.6 Å². The van der Waals surface area contributed by atoms with Crippen molar-refractivity contribution in [2.75, 3.05) is 4.90 Å². The maximum absolute atomic E-state index is 5.27. The number of nitrogens with zero attached hydrogens (tertiary/aromatic N) is 3. The van der Waals surface area contributed by atoms with Gasteiger partial charge in [0.15, 0.2) is 0 Å². The standard InChI is InChI=1S/C51H35N3/c1-3-14-44(15-4-1)53(47-32-27-39(28-33-47)43-24-21-36-11-7-8-13-42(36)35-43)46-30-25-38(26-31-46)37-19-22-41(23-20-37)51-52-50-48-18-10-9-12-40(48)29-34-49(50)54(51)45-16-5-2-6-17-45/h1-35H. The molecule has 0 radical (unpaired) electrons. The van der Waals surface area contributed by atoms with Crippen LogP contribution in [0, 0.1) is 0 Å². The molecule has 0 unspecified atom stereocenters. The molecule has 0 aliphatic heterocycles. The Hall–Kier alpha value is -7.23. The van der Waals surface area contributed by atoms with Crippen molar-refractivity contribution in [2.45, 2.75) is 0 Å².